The molecule has 1 aliphatic carbocycles. The van der Waals surface area contributed by atoms with Gasteiger partial charge in [-0.3, -0.25) is 0 Å². The molecule has 1 aliphatic heterocycles. The average Bonchev–Trinajstić information content (AvgIpc) is 3.10. The standard InChI is InChI=1S/C28H35NO3/c1-19-17-22(11-12-24(19)31-6)28-14-13-23(18-25(28)29(5)16-15-28)32-26(30)20-7-9-21(10-8-20)27(2,3)4/h7-13,17,25H,14-16,18H2,1-6H3/t25-,28-/m0/s1. The van der Waals surface area contributed by atoms with Crippen LogP contribution in [0.2, 0.25) is 0 Å². The van der Waals surface area contributed by atoms with Gasteiger partial charge in [0.15, 0.2) is 0 Å². The number of carbonyl (C=O) groups excluding carboxylic acids is 1. The van der Waals surface area contributed by atoms with Gasteiger partial charge in [-0.25, -0.2) is 4.79 Å². The van der Waals surface area contributed by atoms with Crippen LogP contribution in [0.5, 0.6) is 5.75 Å². The predicted molar refractivity (Wildman–Crippen MR) is 128 cm³/mol. The molecule has 2 aromatic rings. The molecule has 0 N–H and O–H groups in total. The van der Waals surface area contributed by atoms with Gasteiger partial charge in [-0.05, 0) is 79.7 Å². The third kappa shape index (κ3) is 4.09. The average molecular weight is 434 g/mol. The lowest BCUT2D eigenvalue weighted by atomic mass is 9.68. The van der Waals surface area contributed by atoms with Gasteiger partial charge in [0.05, 0.1) is 12.7 Å². The Morgan fingerprint density at radius 2 is 1.84 bits per heavy atom. The van der Waals surface area contributed by atoms with Crippen molar-refractivity contribution >= 4 is 5.97 Å². The molecule has 2 aromatic carbocycles. The van der Waals surface area contributed by atoms with E-state index in [-0.39, 0.29) is 16.8 Å². The van der Waals surface area contributed by atoms with Crippen molar-refractivity contribution in [3.05, 3.63) is 76.6 Å². The summed E-state index contributed by atoms with van der Waals surface area (Å²) in [7, 11) is 3.89. The molecule has 4 heteroatoms. The van der Waals surface area contributed by atoms with Gasteiger partial charge < -0.3 is 14.4 Å². The summed E-state index contributed by atoms with van der Waals surface area (Å²) >= 11 is 0. The van der Waals surface area contributed by atoms with Crippen molar-refractivity contribution in [3.63, 3.8) is 0 Å². The molecular weight excluding hydrogens is 398 g/mol. The molecule has 0 aromatic heterocycles. The first kappa shape index (κ1) is 22.6. The van der Waals surface area contributed by atoms with E-state index >= 15 is 0 Å². The van der Waals surface area contributed by atoms with Crippen LogP contribution in [-0.4, -0.2) is 37.6 Å². The molecule has 0 unspecified atom stereocenters. The van der Waals surface area contributed by atoms with Crippen LogP contribution in [0.4, 0.5) is 0 Å². The van der Waals surface area contributed by atoms with Crippen molar-refractivity contribution < 1.29 is 14.3 Å². The van der Waals surface area contributed by atoms with Crippen molar-refractivity contribution in [3.8, 4) is 5.75 Å². The number of hydrogen-bond acceptors (Lipinski definition) is 4. The third-order valence-corrected chi connectivity index (χ3v) is 7.35. The van der Waals surface area contributed by atoms with Gasteiger partial charge in [0.25, 0.3) is 0 Å². The van der Waals surface area contributed by atoms with Crippen LogP contribution < -0.4 is 4.74 Å². The maximum absolute atomic E-state index is 12.8. The number of likely N-dealkylation sites (tertiary alicyclic amines) is 1. The summed E-state index contributed by atoms with van der Waals surface area (Å²) < 4.78 is 11.3. The number of carbonyl (C=O) groups is 1. The van der Waals surface area contributed by atoms with Gasteiger partial charge >= 0.3 is 5.97 Å². The van der Waals surface area contributed by atoms with Crippen molar-refractivity contribution in [2.45, 2.75) is 63.8 Å². The molecule has 0 bridgehead atoms. The van der Waals surface area contributed by atoms with Crippen LogP contribution in [0.15, 0.2) is 54.3 Å². The molecule has 1 heterocycles. The zero-order valence-electron chi connectivity index (χ0n) is 20.2. The number of ether oxygens (including phenoxy) is 2. The van der Waals surface area contributed by atoms with Crippen LogP contribution in [0.25, 0.3) is 0 Å². The number of fused-ring (bicyclic) bond motifs is 1. The fourth-order valence-corrected chi connectivity index (χ4v) is 5.29. The zero-order valence-corrected chi connectivity index (χ0v) is 20.2. The van der Waals surface area contributed by atoms with Crippen molar-refractivity contribution in [2.24, 2.45) is 0 Å². The lowest BCUT2D eigenvalue weighted by molar-refractivity contribution is 0.0579. The predicted octanol–water partition coefficient (Wildman–Crippen LogP) is 5.78. The SMILES string of the molecule is COc1ccc([C@@]23CC=C(OC(=O)c4ccc(C(C)(C)C)cc4)C[C@@H]2N(C)CC3)cc1C. The van der Waals surface area contributed by atoms with Crippen LogP contribution in [-0.2, 0) is 15.6 Å². The Hall–Kier alpha value is -2.59. The first-order chi connectivity index (χ1) is 15.1. The number of methoxy groups -OCH3 is 1. The lowest BCUT2D eigenvalue weighted by Gasteiger charge is -2.40. The number of hydrogen-bond donors (Lipinski definition) is 0. The number of allylic oxidation sites excluding steroid dienone is 1. The number of benzene rings is 2. The Morgan fingerprint density at radius 1 is 1.12 bits per heavy atom. The summed E-state index contributed by atoms with van der Waals surface area (Å²) in [6.45, 7) is 9.65. The minimum atomic E-state index is -0.273. The van der Waals surface area contributed by atoms with E-state index in [2.05, 4.69) is 63.9 Å². The van der Waals surface area contributed by atoms with Crippen molar-refractivity contribution in [2.75, 3.05) is 20.7 Å². The van der Waals surface area contributed by atoms with Crippen LogP contribution in [0.3, 0.4) is 0 Å². The molecule has 2 atom stereocenters. The normalized spacial score (nSPS) is 23.4. The van der Waals surface area contributed by atoms with E-state index in [9.17, 15) is 4.79 Å². The Labute approximate surface area is 192 Å². The maximum atomic E-state index is 12.8. The Balaban J connectivity index is 1.54. The molecule has 4 nitrogen and oxygen atoms in total. The molecule has 0 saturated carbocycles. The molecule has 1 saturated heterocycles. The number of rotatable bonds is 4. The number of nitrogens with zero attached hydrogens (tertiary/aromatic N) is 1. The van der Waals surface area contributed by atoms with Gasteiger partial charge in [-0.2, -0.15) is 0 Å². The third-order valence-electron chi connectivity index (χ3n) is 7.35. The summed E-state index contributed by atoms with van der Waals surface area (Å²) in [6.07, 6.45) is 4.86. The summed E-state index contributed by atoms with van der Waals surface area (Å²) in [5, 5.41) is 0. The second kappa shape index (κ2) is 8.40. The van der Waals surface area contributed by atoms with E-state index < -0.39 is 0 Å². The molecule has 0 amide bonds. The van der Waals surface area contributed by atoms with Gasteiger partial charge in [-0.15, -0.1) is 0 Å². The maximum Gasteiger partial charge on any atom is 0.343 e. The Kier molecular flexibility index (Phi) is 5.93. The first-order valence-corrected chi connectivity index (χ1v) is 11.5. The van der Waals surface area contributed by atoms with E-state index in [1.54, 1.807) is 7.11 Å². The monoisotopic (exact) mass is 433 g/mol. The smallest absolute Gasteiger partial charge is 0.343 e. The van der Waals surface area contributed by atoms with E-state index in [4.69, 9.17) is 9.47 Å². The molecule has 4 rings (SSSR count). The van der Waals surface area contributed by atoms with E-state index in [1.807, 2.05) is 24.3 Å². The molecule has 1 fully saturated rings. The van der Waals surface area contributed by atoms with Crippen LogP contribution in [0, 0.1) is 6.92 Å². The van der Waals surface area contributed by atoms with Gasteiger partial charge in [0.1, 0.15) is 11.5 Å². The van der Waals surface area contributed by atoms with E-state index in [1.165, 1.54) is 11.1 Å². The topological polar surface area (TPSA) is 38.8 Å². The summed E-state index contributed by atoms with van der Waals surface area (Å²) in [4.78, 5) is 15.2. The van der Waals surface area contributed by atoms with Crippen LogP contribution >= 0.6 is 0 Å². The second-order valence-electron chi connectivity index (χ2n) is 10.4. The lowest BCUT2D eigenvalue weighted by Crippen LogP contribution is -2.43. The highest BCUT2D eigenvalue weighted by Crippen LogP contribution is 2.48. The molecular formula is C28H35NO3. The number of likely N-dealkylation sites (N-methyl/N-ethyl adjacent to an activating group) is 1. The number of esters is 1. The molecule has 0 radical (unpaired) electrons. The Bertz CT molecular complexity index is 1030. The number of aryl methyl sites for hydroxylation is 1. The molecule has 2 aliphatic rings. The summed E-state index contributed by atoms with van der Waals surface area (Å²) in [5.41, 5.74) is 4.43. The minimum absolute atomic E-state index is 0.0516. The van der Waals surface area contributed by atoms with Gasteiger partial charge in [-0.1, -0.05) is 45.0 Å². The quantitative estimate of drug-likeness (QED) is 0.573. The fourth-order valence-electron chi connectivity index (χ4n) is 5.29. The molecule has 32 heavy (non-hydrogen) atoms. The fraction of sp³-hybridized carbons (Fsp3) is 0.464. The van der Waals surface area contributed by atoms with Gasteiger partial charge in [0, 0.05) is 17.9 Å². The van der Waals surface area contributed by atoms with Gasteiger partial charge in [0.2, 0.25) is 0 Å². The largest absolute Gasteiger partial charge is 0.496 e. The highest BCUT2D eigenvalue weighted by Gasteiger charge is 2.49. The van der Waals surface area contributed by atoms with Crippen LogP contribution in [0.1, 0.15) is 67.1 Å². The molecule has 0 spiro atoms. The minimum Gasteiger partial charge on any atom is -0.496 e. The Morgan fingerprint density at radius 3 is 2.47 bits per heavy atom. The van der Waals surface area contributed by atoms with Crippen molar-refractivity contribution in [1.82, 2.24) is 4.90 Å². The summed E-state index contributed by atoms with van der Waals surface area (Å²) in [6, 6.07) is 14.7. The highest BCUT2D eigenvalue weighted by molar-refractivity contribution is 5.90. The molecule has 170 valence electrons. The van der Waals surface area contributed by atoms with Crippen molar-refractivity contribution in [1.29, 1.82) is 0 Å². The zero-order chi connectivity index (χ0) is 23.1. The van der Waals surface area contributed by atoms with E-state index in [0.29, 0.717) is 11.6 Å². The second-order valence-corrected chi connectivity index (χ2v) is 10.4. The first-order valence-electron chi connectivity index (χ1n) is 11.5. The highest BCUT2D eigenvalue weighted by atomic mass is 16.5. The summed E-state index contributed by atoms with van der Waals surface area (Å²) in [5.74, 6) is 1.44. The van der Waals surface area contributed by atoms with E-state index in [0.717, 1.165) is 42.9 Å².